The van der Waals surface area contributed by atoms with Crippen molar-refractivity contribution in [3.05, 3.63) is 35.5 Å². The van der Waals surface area contributed by atoms with E-state index in [1.165, 1.54) is 6.42 Å². The molecule has 1 aliphatic carbocycles. The van der Waals surface area contributed by atoms with Gasteiger partial charge >= 0.3 is 0 Å². The molecule has 0 unspecified atom stereocenters. The quantitative estimate of drug-likeness (QED) is 0.747. The molecule has 0 saturated heterocycles. The highest BCUT2D eigenvalue weighted by Crippen LogP contribution is 2.27. The summed E-state index contributed by atoms with van der Waals surface area (Å²) in [5.74, 6) is -1.01. The average molecular weight is 355 g/mol. The number of nitriles is 1. The van der Waals surface area contributed by atoms with E-state index in [4.69, 9.17) is 5.26 Å². The number of hydrogen-bond donors (Lipinski definition) is 2. The molecule has 3 aromatic rings. The normalized spacial score (nSPS) is 14.1. The molecule has 1 saturated carbocycles. The Morgan fingerprint density at radius 1 is 1.23 bits per heavy atom. The lowest BCUT2D eigenvalue weighted by atomic mass is 9.93. The van der Waals surface area contributed by atoms with E-state index in [0.29, 0.717) is 23.2 Å². The second kappa shape index (κ2) is 6.22. The van der Waals surface area contributed by atoms with Gasteiger partial charge < -0.3 is 10.6 Å². The third kappa shape index (κ3) is 2.79. The average Bonchev–Trinajstić information content (AvgIpc) is 2.90. The smallest absolute Gasteiger partial charge is 0.224 e. The molecule has 0 atom stereocenters. The van der Waals surface area contributed by atoms with Crippen molar-refractivity contribution < 1.29 is 8.78 Å². The van der Waals surface area contributed by atoms with Gasteiger partial charge in [-0.05, 0) is 31.4 Å². The second-order valence-electron chi connectivity index (χ2n) is 6.22. The van der Waals surface area contributed by atoms with Crippen LogP contribution in [-0.2, 0) is 7.05 Å². The highest BCUT2D eigenvalue weighted by molar-refractivity contribution is 5.76. The van der Waals surface area contributed by atoms with Crippen LogP contribution in [0.3, 0.4) is 0 Å². The van der Waals surface area contributed by atoms with Gasteiger partial charge in [0.15, 0.2) is 17.3 Å². The molecule has 2 heterocycles. The Labute approximate surface area is 147 Å². The fourth-order valence-corrected chi connectivity index (χ4v) is 2.77. The second-order valence-corrected chi connectivity index (χ2v) is 6.22. The Bertz CT molecular complexity index is 1010. The van der Waals surface area contributed by atoms with E-state index in [2.05, 4.69) is 25.6 Å². The maximum absolute atomic E-state index is 14.1. The van der Waals surface area contributed by atoms with Crippen LogP contribution in [0.5, 0.6) is 0 Å². The van der Waals surface area contributed by atoms with Crippen molar-refractivity contribution in [1.82, 2.24) is 19.5 Å². The van der Waals surface area contributed by atoms with E-state index in [1.54, 1.807) is 23.9 Å². The number of nitrogens with zero attached hydrogens (tertiary/aromatic N) is 5. The van der Waals surface area contributed by atoms with E-state index in [9.17, 15) is 8.78 Å². The van der Waals surface area contributed by atoms with Crippen molar-refractivity contribution in [2.45, 2.75) is 25.3 Å². The van der Waals surface area contributed by atoms with Gasteiger partial charge in [0.25, 0.3) is 0 Å². The largest absolute Gasteiger partial charge is 0.351 e. The van der Waals surface area contributed by atoms with Crippen molar-refractivity contribution >= 4 is 28.7 Å². The Hall–Kier alpha value is -3.28. The zero-order valence-corrected chi connectivity index (χ0v) is 13.9. The van der Waals surface area contributed by atoms with Crippen LogP contribution in [0, 0.1) is 23.0 Å². The topological polar surface area (TPSA) is 91.5 Å². The number of aryl methyl sites for hydroxylation is 1. The molecule has 0 radical (unpaired) electrons. The van der Waals surface area contributed by atoms with Crippen LogP contribution in [-0.4, -0.2) is 25.6 Å². The molecule has 2 N–H and O–H groups in total. The lowest BCUT2D eigenvalue weighted by Gasteiger charge is -2.26. The molecule has 0 amide bonds. The summed E-state index contributed by atoms with van der Waals surface area (Å²) in [4.78, 5) is 13.0. The van der Waals surface area contributed by atoms with E-state index in [0.717, 1.165) is 25.0 Å². The minimum Gasteiger partial charge on any atom is -0.351 e. The number of halogens is 2. The Morgan fingerprint density at radius 3 is 2.58 bits per heavy atom. The molecule has 9 heteroatoms. The summed E-state index contributed by atoms with van der Waals surface area (Å²) in [6, 6.07) is 4.03. The van der Waals surface area contributed by atoms with Crippen LogP contribution in [0.1, 0.15) is 24.8 Å². The van der Waals surface area contributed by atoms with Gasteiger partial charge in [-0.3, -0.25) is 4.57 Å². The molecule has 0 aliphatic heterocycles. The van der Waals surface area contributed by atoms with Crippen molar-refractivity contribution in [3.8, 4) is 6.07 Å². The molecule has 1 aliphatic rings. The predicted molar refractivity (Wildman–Crippen MR) is 91.9 cm³/mol. The van der Waals surface area contributed by atoms with Gasteiger partial charge in [0.05, 0.1) is 17.8 Å². The van der Waals surface area contributed by atoms with Crippen LogP contribution < -0.4 is 10.6 Å². The van der Waals surface area contributed by atoms with Gasteiger partial charge in [-0.15, -0.1) is 0 Å². The lowest BCUT2D eigenvalue weighted by Crippen LogP contribution is -2.28. The molecule has 2 aromatic heterocycles. The number of rotatable bonds is 4. The van der Waals surface area contributed by atoms with E-state index < -0.39 is 11.6 Å². The highest BCUT2D eigenvalue weighted by Gasteiger charge is 2.20. The lowest BCUT2D eigenvalue weighted by molar-refractivity contribution is 0.443. The fourth-order valence-electron chi connectivity index (χ4n) is 2.77. The number of imidazole rings is 1. The van der Waals surface area contributed by atoms with Crippen molar-refractivity contribution in [3.63, 3.8) is 0 Å². The van der Waals surface area contributed by atoms with Crippen molar-refractivity contribution in [2.24, 2.45) is 7.05 Å². The Balaban J connectivity index is 1.67. The maximum Gasteiger partial charge on any atom is 0.224 e. The number of anilines is 3. The predicted octanol–water partition coefficient (Wildman–Crippen LogP) is 3.22. The molecule has 0 spiro atoms. The summed E-state index contributed by atoms with van der Waals surface area (Å²) < 4.78 is 29.8. The highest BCUT2D eigenvalue weighted by atomic mass is 19.1. The molecular weight excluding hydrogens is 340 g/mol. The summed E-state index contributed by atoms with van der Waals surface area (Å²) in [6.45, 7) is 0. The number of nitrogens with one attached hydrogen (secondary N) is 2. The third-order valence-electron chi connectivity index (χ3n) is 4.46. The summed E-state index contributed by atoms with van der Waals surface area (Å²) in [6.07, 6.45) is 4.95. The molecule has 1 aromatic carbocycles. The van der Waals surface area contributed by atoms with Gasteiger partial charge in [0, 0.05) is 13.1 Å². The SMILES string of the molecule is Cn1c(Nc2c(F)cc(C#N)cc2F)nc2cnc(NC3CCC3)nc21. The summed E-state index contributed by atoms with van der Waals surface area (Å²) in [5.41, 5.74) is 0.582. The first kappa shape index (κ1) is 16.2. The molecule has 1 fully saturated rings. The van der Waals surface area contributed by atoms with Crippen molar-refractivity contribution in [2.75, 3.05) is 10.6 Å². The fraction of sp³-hybridized carbons (Fsp3) is 0.294. The minimum absolute atomic E-state index is 0.0897. The van der Waals surface area contributed by atoms with Gasteiger partial charge in [-0.1, -0.05) is 0 Å². The molecule has 26 heavy (non-hydrogen) atoms. The van der Waals surface area contributed by atoms with Crippen LogP contribution >= 0.6 is 0 Å². The van der Waals surface area contributed by atoms with Gasteiger partial charge in [-0.2, -0.15) is 10.2 Å². The standard InChI is InChI=1S/C17H15F2N7/c1-26-15-13(8-21-16(25-15)22-10-3-2-4-10)23-17(26)24-14-11(18)5-9(7-20)6-12(14)19/h5-6,8,10H,2-4H2,1H3,(H,23,24)(H,21,22,25). The van der Waals surface area contributed by atoms with E-state index in [1.807, 2.05) is 0 Å². The van der Waals surface area contributed by atoms with E-state index in [-0.39, 0.29) is 17.2 Å². The first-order chi connectivity index (χ1) is 12.5. The summed E-state index contributed by atoms with van der Waals surface area (Å²) >= 11 is 0. The Morgan fingerprint density at radius 2 is 1.96 bits per heavy atom. The third-order valence-corrected chi connectivity index (χ3v) is 4.46. The van der Waals surface area contributed by atoms with Crippen LogP contribution in [0.4, 0.5) is 26.4 Å². The molecule has 0 bridgehead atoms. The summed E-state index contributed by atoms with van der Waals surface area (Å²) in [5, 5.41) is 14.7. The van der Waals surface area contributed by atoms with Gasteiger partial charge in [0.2, 0.25) is 11.9 Å². The van der Waals surface area contributed by atoms with Gasteiger partial charge in [-0.25, -0.2) is 18.7 Å². The monoisotopic (exact) mass is 355 g/mol. The van der Waals surface area contributed by atoms with Crippen molar-refractivity contribution in [1.29, 1.82) is 5.26 Å². The molecular formula is C17H15F2N7. The number of aromatic nitrogens is 4. The van der Waals surface area contributed by atoms with E-state index >= 15 is 0 Å². The molecule has 7 nitrogen and oxygen atoms in total. The first-order valence-electron chi connectivity index (χ1n) is 8.17. The first-order valence-corrected chi connectivity index (χ1v) is 8.17. The Kier molecular flexibility index (Phi) is 3.88. The zero-order chi connectivity index (χ0) is 18.3. The zero-order valence-electron chi connectivity index (χ0n) is 13.9. The summed E-state index contributed by atoms with van der Waals surface area (Å²) in [7, 11) is 1.69. The maximum atomic E-state index is 14.1. The number of hydrogen-bond acceptors (Lipinski definition) is 6. The minimum atomic E-state index is -0.868. The van der Waals surface area contributed by atoms with Crippen LogP contribution in [0.25, 0.3) is 11.2 Å². The van der Waals surface area contributed by atoms with Crippen LogP contribution in [0.2, 0.25) is 0 Å². The molecule has 4 rings (SSSR count). The number of fused-ring (bicyclic) bond motifs is 1. The van der Waals surface area contributed by atoms with Crippen LogP contribution in [0.15, 0.2) is 18.3 Å². The number of benzene rings is 1. The molecule has 132 valence electrons. The van der Waals surface area contributed by atoms with Gasteiger partial charge in [0.1, 0.15) is 11.2 Å².